The maximum atomic E-state index is 12.0. The Labute approximate surface area is 118 Å². The highest BCUT2D eigenvalue weighted by Crippen LogP contribution is 2.24. The van der Waals surface area contributed by atoms with Gasteiger partial charge in [0.2, 0.25) is 0 Å². The lowest BCUT2D eigenvalue weighted by molar-refractivity contribution is 0.0696. The van der Waals surface area contributed by atoms with Gasteiger partial charge < -0.3 is 20.4 Å². The minimum atomic E-state index is -1.13. The van der Waals surface area contributed by atoms with Crippen molar-refractivity contribution in [3.63, 3.8) is 0 Å². The van der Waals surface area contributed by atoms with E-state index < -0.39 is 5.97 Å². The highest BCUT2D eigenvalue weighted by atomic mass is 16.4. The van der Waals surface area contributed by atoms with Gasteiger partial charge in [0.1, 0.15) is 5.75 Å². The van der Waals surface area contributed by atoms with Gasteiger partial charge in [-0.05, 0) is 31.5 Å². The second-order valence-corrected chi connectivity index (χ2v) is 4.40. The van der Waals surface area contributed by atoms with Crippen molar-refractivity contribution < 1.29 is 19.8 Å². The molecule has 0 saturated carbocycles. The van der Waals surface area contributed by atoms with E-state index in [4.69, 9.17) is 5.11 Å². The number of phenols is 1. The van der Waals surface area contributed by atoms with Crippen LogP contribution in [0.5, 0.6) is 5.75 Å². The lowest BCUT2D eigenvalue weighted by Gasteiger charge is -2.21. The maximum Gasteiger partial charge on any atom is 0.335 e. The van der Waals surface area contributed by atoms with Gasteiger partial charge in [0.15, 0.2) is 0 Å². The van der Waals surface area contributed by atoms with Crippen LogP contribution in [-0.2, 0) is 0 Å². The van der Waals surface area contributed by atoms with Crippen LogP contribution in [0.15, 0.2) is 18.2 Å². The lowest BCUT2D eigenvalue weighted by Crippen LogP contribution is -2.35. The molecule has 110 valence electrons. The second-order valence-electron chi connectivity index (χ2n) is 4.40. The van der Waals surface area contributed by atoms with Gasteiger partial charge in [-0.15, -0.1) is 0 Å². The first kappa shape index (κ1) is 15.8. The number of carbonyl (C=O) groups excluding carboxylic acids is 1. The lowest BCUT2D eigenvalue weighted by atomic mass is 10.2. The van der Waals surface area contributed by atoms with E-state index in [0.717, 1.165) is 18.9 Å². The van der Waals surface area contributed by atoms with Crippen LogP contribution < -0.4 is 5.32 Å². The summed E-state index contributed by atoms with van der Waals surface area (Å²) in [5, 5.41) is 21.1. The third-order valence-electron chi connectivity index (χ3n) is 2.94. The molecule has 0 aliphatic rings. The molecule has 0 aliphatic heterocycles. The van der Waals surface area contributed by atoms with E-state index >= 15 is 0 Å². The number of rotatable bonds is 6. The number of carbonyl (C=O) groups is 2. The average molecular weight is 280 g/mol. The highest BCUT2D eigenvalue weighted by molar-refractivity contribution is 5.93. The first-order chi connectivity index (χ1) is 9.49. The van der Waals surface area contributed by atoms with Crippen molar-refractivity contribution in [1.29, 1.82) is 0 Å². The molecule has 1 aromatic carbocycles. The third kappa shape index (κ3) is 4.15. The van der Waals surface area contributed by atoms with E-state index in [9.17, 15) is 14.7 Å². The van der Waals surface area contributed by atoms with Crippen LogP contribution in [0.4, 0.5) is 10.5 Å². The summed E-state index contributed by atoms with van der Waals surface area (Å²) in [7, 11) is 0. The standard InChI is InChI=1S/C14H20N2O4/c1-3-5-8-16(4-2)14(20)15-11-7-6-10(13(18)19)9-12(11)17/h6-7,9,17H,3-5,8H2,1-2H3,(H,15,20)(H,18,19). The molecule has 6 heteroatoms. The molecule has 20 heavy (non-hydrogen) atoms. The second kappa shape index (κ2) is 7.37. The van der Waals surface area contributed by atoms with Crippen LogP contribution in [0.3, 0.4) is 0 Å². The smallest absolute Gasteiger partial charge is 0.335 e. The van der Waals surface area contributed by atoms with Gasteiger partial charge in [-0.25, -0.2) is 9.59 Å². The molecule has 1 rings (SSSR count). The SMILES string of the molecule is CCCCN(CC)C(=O)Nc1ccc(C(=O)O)cc1O. The molecule has 0 unspecified atom stereocenters. The quantitative estimate of drug-likeness (QED) is 0.699. The van der Waals surface area contributed by atoms with Gasteiger partial charge in [0.05, 0.1) is 11.3 Å². The summed E-state index contributed by atoms with van der Waals surface area (Å²) in [6, 6.07) is 3.52. The van der Waals surface area contributed by atoms with Crippen LogP contribution in [-0.4, -0.2) is 40.2 Å². The Bertz CT molecular complexity index is 488. The van der Waals surface area contributed by atoms with E-state index in [2.05, 4.69) is 5.32 Å². The molecule has 0 bridgehead atoms. The van der Waals surface area contributed by atoms with Crippen molar-refractivity contribution in [2.24, 2.45) is 0 Å². The summed E-state index contributed by atoms with van der Waals surface area (Å²) in [6.07, 6.45) is 1.90. The van der Waals surface area contributed by atoms with Crippen LogP contribution >= 0.6 is 0 Å². The van der Waals surface area contributed by atoms with Crippen LogP contribution in [0.1, 0.15) is 37.0 Å². The predicted octanol–water partition coefficient (Wildman–Crippen LogP) is 2.74. The van der Waals surface area contributed by atoms with E-state index in [-0.39, 0.29) is 23.0 Å². The van der Waals surface area contributed by atoms with E-state index in [1.54, 1.807) is 4.90 Å². The van der Waals surface area contributed by atoms with Crippen molar-refractivity contribution in [1.82, 2.24) is 4.90 Å². The number of hydrogen-bond acceptors (Lipinski definition) is 3. The highest BCUT2D eigenvalue weighted by Gasteiger charge is 2.14. The molecule has 0 spiro atoms. The number of benzene rings is 1. The molecule has 6 nitrogen and oxygen atoms in total. The van der Waals surface area contributed by atoms with Crippen molar-refractivity contribution in [3.05, 3.63) is 23.8 Å². The van der Waals surface area contributed by atoms with Crippen molar-refractivity contribution in [2.75, 3.05) is 18.4 Å². The zero-order valence-corrected chi connectivity index (χ0v) is 11.7. The number of aromatic hydroxyl groups is 1. The molecule has 0 saturated heterocycles. The Hall–Kier alpha value is -2.24. The molecular formula is C14H20N2O4. The summed E-state index contributed by atoms with van der Waals surface area (Å²) in [6.45, 7) is 5.14. The first-order valence-electron chi connectivity index (χ1n) is 6.61. The normalized spacial score (nSPS) is 10.1. The Morgan fingerprint density at radius 1 is 1.30 bits per heavy atom. The van der Waals surface area contributed by atoms with Gasteiger partial charge in [-0.1, -0.05) is 13.3 Å². The largest absolute Gasteiger partial charge is 0.506 e. The molecule has 2 amide bonds. The number of amides is 2. The number of carboxylic acids is 1. The number of carboxylic acid groups (broad SMARTS) is 1. The fourth-order valence-corrected chi connectivity index (χ4v) is 1.72. The molecule has 0 heterocycles. The van der Waals surface area contributed by atoms with Crippen molar-refractivity contribution in [2.45, 2.75) is 26.7 Å². The molecule has 0 aliphatic carbocycles. The molecule has 1 aromatic rings. The predicted molar refractivity (Wildman–Crippen MR) is 76.2 cm³/mol. The van der Waals surface area contributed by atoms with E-state index in [1.807, 2.05) is 13.8 Å². The summed E-state index contributed by atoms with van der Waals surface area (Å²) >= 11 is 0. The Morgan fingerprint density at radius 2 is 2.00 bits per heavy atom. The van der Waals surface area contributed by atoms with Crippen molar-refractivity contribution in [3.8, 4) is 5.75 Å². The maximum absolute atomic E-state index is 12.0. The first-order valence-corrected chi connectivity index (χ1v) is 6.61. The summed E-state index contributed by atoms with van der Waals surface area (Å²) in [5.74, 6) is -1.39. The fraction of sp³-hybridized carbons (Fsp3) is 0.429. The van der Waals surface area contributed by atoms with Crippen LogP contribution in [0.25, 0.3) is 0 Å². The molecule has 0 radical (unpaired) electrons. The Kier molecular flexibility index (Phi) is 5.83. The molecule has 0 atom stereocenters. The number of nitrogens with zero attached hydrogens (tertiary/aromatic N) is 1. The molecule has 0 aromatic heterocycles. The molecular weight excluding hydrogens is 260 g/mol. The van der Waals surface area contributed by atoms with E-state index in [0.29, 0.717) is 13.1 Å². The Balaban J connectivity index is 2.76. The van der Waals surface area contributed by atoms with E-state index in [1.165, 1.54) is 12.1 Å². The zero-order chi connectivity index (χ0) is 15.1. The monoisotopic (exact) mass is 280 g/mol. The number of urea groups is 1. The van der Waals surface area contributed by atoms with Crippen LogP contribution in [0.2, 0.25) is 0 Å². The van der Waals surface area contributed by atoms with Gasteiger partial charge in [-0.2, -0.15) is 0 Å². The zero-order valence-electron chi connectivity index (χ0n) is 11.7. The third-order valence-corrected chi connectivity index (χ3v) is 2.94. The minimum absolute atomic E-state index is 0.0289. The Morgan fingerprint density at radius 3 is 2.50 bits per heavy atom. The summed E-state index contributed by atoms with van der Waals surface area (Å²) < 4.78 is 0. The number of unbranched alkanes of at least 4 members (excludes halogenated alkanes) is 1. The topological polar surface area (TPSA) is 89.9 Å². The number of anilines is 1. The summed E-state index contributed by atoms with van der Waals surface area (Å²) in [5.41, 5.74) is 0.175. The molecule has 0 fully saturated rings. The van der Waals surface area contributed by atoms with Gasteiger partial charge in [-0.3, -0.25) is 0 Å². The number of phenolic OH excluding ortho intramolecular Hbond substituents is 1. The van der Waals surface area contributed by atoms with Crippen molar-refractivity contribution >= 4 is 17.7 Å². The van der Waals surface area contributed by atoms with Crippen LogP contribution in [0, 0.1) is 0 Å². The van der Waals surface area contributed by atoms with Gasteiger partial charge >= 0.3 is 12.0 Å². The number of hydrogen-bond donors (Lipinski definition) is 3. The number of nitrogens with one attached hydrogen (secondary N) is 1. The number of aromatic carboxylic acids is 1. The van der Waals surface area contributed by atoms with Gasteiger partial charge in [0.25, 0.3) is 0 Å². The average Bonchev–Trinajstić information content (AvgIpc) is 2.41. The van der Waals surface area contributed by atoms with Gasteiger partial charge in [0, 0.05) is 13.1 Å². The fourth-order valence-electron chi connectivity index (χ4n) is 1.72. The molecule has 3 N–H and O–H groups in total. The minimum Gasteiger partial charge on any atom is -0.506 e. The summed E-state index contributed by atoms with van der Waals surface area (Å²) in [4.78, 5) is 24.4.